The third-order valence-electron chi connectivity index (χ3n) is 5.15. The molecule has 0 aliphatic heterocycles. The standard InChI is InChI=1S/C24H34/c1-5-21-11-15-23(16-12-21)24-17-13-22(14-18-24)10-9-20(4)8-6-7-19(2)3/h7,11,13-15,17-18,20H,5-6,8-10,12,16H2,1-4H3. The van der Waals surface area contributed by atoms with Crippen LogP contribution < -0.4 is 0 Å². The summed E-state index contributed by atoms with van der Waals surface area (Å²) in [6.07, 6.45) is 15.6. The number of aryl methyl sites for hydroxylation is 1. The quantitative estimate of drug-likeness (QED) is 0.434. The molecule has 24 heavy (non-hydrogen) atoms. The van der Waals surface area contributed by atoms with E-state index in [-0.39, 0.29) is 0 Å². The number of allylic oxidation sites excluding steroid dienone is 6. The van der Waals surface area contributed by atoms with Crippen LogP contribution in [0.3, 0.4) is 0 Å². The van der Waals surface area contributed by atoms with E-state index < -0.39 is 0 Å². The van der Waals surface area contributed by atoms with Crippen molar-refractivity contribution in [1.29, 1.82) is 0 Å². The van der Waals surface area contributed by atoms with E-state index in [1.54, 1.807) is 5.57 Å². The van der Waals surface area contributed by atoms with Crippen LogP contribution in [0, 0.1) is 5.92 Å². The SMILES string of the molecule is CCC1=CC=C(c2ccc(CCC(C)CCC=C(C)C)cc2)CC1. The minimum atomic E-state index is 0.805. The Hall–Kier alpha value is -1.56. The molecule has 0 heterocycles. The molecule has 130 valence electrons. The largest absolute Gasteiger partial charge is 0.0859 e. The smallest absolute Gasteiger partial charge is 0.0224 e. The van der Waals surface area contributed by atoms with E-state index in [2.05, 4.69) is 70.2 Å². The first-order valence-electron chi connectivity index (χ1n) is 9.69. The Labute approximate surface area is 149 Å². The van der Waals surface area contributed by atoms with Gasteiger partial charge in [0.1, 0.15) is 0 Å². The van der Waals surface area contributed by atoms with Crippen LogP contribution in [0.2, 0.25) is 0 Å². The van der Waals surface area contributed by atoms with Crippen molar-refractivity contribution in [3.63, 3.8) is 0 Å². The molecular weight excluding hydrogens is 288 g/mol. The second-order valence-corrected chi connectivity index (χ2v) is 7.57. The lowest BCUT2D eigenvalue weighted by molar-refractivity contribution is 0.497. The van der Waals surface area contributed by atoms with E-state index in [0.29, 0.717) is 0 Å². The number of hydrogen-bond acceptors (Lipinski definition) is 0. The lowest BCUT2D eigenvalue weighted by Crippen LogP contribution is -1.98. The van der Waals surface area contributed by atoms with Gasteiger partial charge in [0.25, 0.3) is 0 Å². The Balaban J connectivity index is 1.83. The summed E-state index contributed by atoms with van der Waals surface area (Å²) in [6.45, 7) is 9.01. The van der Waals surface area contributed by atoms with Crippen LogP contribution in [0.4, 0.5) is 0 Å². The Morgan fingerprint density at radius 3 is 2.38 bits per heavy atom. The van der Waals surface area contributed by atoms with E-state index in [9.17, 15) is 0 Å². The molecule has 0 heteroatoms. The van der Waals surface area contributed by atoms with E-state index >= 15 is 0 Å². The highest BCUT2D eigenvalue weighted by molar-refractivity contribution is 5.68. The molecule has 1 aromatic carbocycles. The second-order valence-electron chi connectivity index (χ2n) is 7.57. The fourth-order valence-electron chi connectivity index (χ4n) is 3.31. The summed E-state index contributed by atoms with van der Waals surface area (Å²) in [5.74, 6) is 0.805. The summed E-state index contributed by atoms with van der Waals surface area (Å²) >= 11 is 0. The van der Waals surface area contributed by atoms with Crippen LogP contribution in [0.15, 0.2) is 53.6 Å². The van der Waals surface area contributed by atoms with E-state index in [4.69, 9.17) is 0 Å². The van der Waals surface area contributed by atoms with Crippen molar-refractivity contribution in [3.8, 4) is 0 Å². The van der Waals surface area contributed by atoms with E-state index in [1.165, 1.54) is 67.2 Å². The molecular formula is C24H34. The summed E-state index contributed by atoms with van der Waals surface area (Å²) in [5.41, 5.74) is 7.40. The molecule has 0 saturated heterocycles. The van der Waals surface area contributed by atoms with Crippen molar-refractivity contribution in [1.82, 2.24) is 0 Å². The molecule has 1 aliphatic carbocycles. The van der Waals surface area contributed by atoms with Crippen molar-refractivity contribution >= 4 is 5.57 Å². The Morgan fingerprint density at radius 1 is 1.04 bits per heavy atom. The normalized spacial score (nSPS) is 15.5. The zero-order valence-electron chi connectivity index (χ0n) is 16.1. The first-order valence-corrected chi connectivity index (χ1v) is 9.69. The van der Waals surface area contributed by atoms with Gasteiger partial charge in [0.2, 0.25) is 0 Å². The van der Waals surface area contributed by atoms with Gasteiger partial charge in [-0.05, 0) is 81.4 Å². The maximum atomic E-state index is 2.39. The van der Waals surface area contributed by atoms with Gasteiger partial charge in [-0.3, -0.25) is 0 Å². The monoisotopic (exact) mass is 322 g/mol. The van der Waals surface area contributed by atoms with Crippen LogP contribution in [0.25, 0.3) is 5.57 Å². The van der Waals surface area contributed by atoms with Gasteiger partial charge in [-0.25, -0.2) is 0 Å². The minimum Gasteiger partial charge on any atom is -0.0859 e. The highest BCUT2D eigenvalue weighted by Crippen LogP contribution is 2.28. The first-order chi connectivity index (χ1) is 11.6. The highest BCUT2D eigenvalue weighted by atomic mass is 14.1. The molecule has 0 amide bonds. The average Bonchev–Trinajstić information content (AvgIpc) is 2.60. The zero-order chi connectivity index (χ0) is 17.4. The third-order valence-corrected chi connectivity index (χ3v) is 5.15. The molecule has 0 saturated carbocycles. The molecule has 0 bridgehead atoms. The van der Waals surface area contributed by atoms with E-state index in [0.717, 1.165) is 5.92 Å². The third kappa shape index (κ3) is 6.15. The fourth-order valence-corrected chi connectivity index (χ4v) is 3.31. The minimum absolute atomic E-state index is 0.805. The maximum absolute atomic E-state index is 2.39. The van der Waals surface area contributed by atoms with Crippen LogP contribution >= 0.6 is 0 Å². The summed E-state index contributed by atoms with van der Waals surface area (Å²) in [7, 11) is 0. The molecule has 0 fully saturated rings. The first kappa shape index (κ1) is 18.8. The fraction of sp³-hybridized carbons (Fsp3) is 0.500. The number of benzene rings is 1. The van der Waals surface area contributed by atoms with Gasteiger partial charge in [-0.2, -0.15) is 0 Å². The van der Waals surface area contributed by atoms with Crippen LogP contribution in [-0.4, -0.2) is 0 Å². The van der Waals surface area contributed by atoms with Gasteiger partial charge in [-0.1, -0.05) is 67.5 Å². The van der Waals surface area contributed by atoms with Crippen LogP contribution in [0.5, 0.6) is 0 Å². The molecule has 2 rings (SSSR count). The van der Waals surface area contributed by atoms with Crippen molar-refractivity contribution < 1.29 is 0 Å². The van der Waals surface area contributed by atoms with Gasteiger partial charge in [-0.15, -0.1) is 0 Å². The van der Waals surface area contributed by atoms with Gasteiger partial charge >= 0.3 is 0 Å². The summed E-state index contributed by atoms with van der Waals surface area (Å²) in [6, 6.07) is 9.30. The van der Waals surface area contributed by atoms with Crippen molar-refractivity contribution in [2.45, 2.75) is 72.6 Å². The van der Waals surface area contributed by atoms with Gasteiger partial charge < -0.3 is 0 Å². The average molecular weight is 323 g/mol. The molecule has 0 N–H and O–H groups in total. The van der Waals surface area contributed by atoms with Crippen LogP contribution in [-0.2, 0) is 6.42 Å². The van der Waals surface area contributed by atoms with Crippen molar-refractivity contribution in [3.05, 3.63) is 64.8 Å². The summed E-state index contributed by atoms with van der Waals surface area (Å²) in [4.78, 5) is 0. The van der Waals surface area contributed by atoms with Gasteiger partial charge in [0, 0.05) is 0 Å². The van der Waals surface area contributed by atoms with Gasteiger partial charge in [0.05, 0.1) is 0 Å². The molecule has 1 aromatic rings. The second kappa shape index (κ2) is 9.67. The Morgan fingerprint density at radius 2 is 1.79 bits per heavy atom. The Kier molecular flexibility index (Phi) is 7.56. The molecule has 1 atom stereocenters. The number of hydrogen-bond donors (Lipinski definition) is 0. The molecule has 1 unspecified atom stereocenters. The topological polar surface area (TPSA) is 0 Å². The Bertz CT molecular complexity index is 591. The number of rotatable bonds is 8. The lowest BCUT2D eigenvalue weighted by Gasteiger charge is -2.15. The molecule has 0 nitrogen and oxygen atoms in total. The zero-order valence-corrected chi connectivity index (χ0v) is 16.1. The summed E-state index contributed by atoms with van der Waals surface area (Å²) < 4.78 is 0. The van der Waals surface area contributed by atoms with E-state index in [1.807, 2.05) is 0 Å². The predicted molar refractivity (Wildman–Crippen MR) is 108 cm³/mol. The lowest BCUT2D eigenvalue weighted by atomic mass is 9.91. The van der Waals surface area contributed by atoms with Gasteiger partial charge in [0.15, 0.2) is 0 Å². The predicted octanol–water partition coefficient (Wildman–Crippen LogP) is 7.52. The van der Waals surface area contributed by atoms with Crippen molar-refractivity contribution in [2.75, 3.05) is 0 Å². The molecule has 0 aromatic heterocycles. The van der Waals surface area contributed by atoms with Crippen LogP contribution in [0.1, 0.15) is 77.3 Å². The van der Waals surface area contributed by atoms with Crippen molar-refractivity contribution in [2.24, 2.45) is 5.92 Å². The highest BCUT2D eigenvalue weighted by Gasteiger charge is 2.08. The maximum Gasteiger partial charge on any atom is -0.0224 e. The molecule has 1 aliphatic rings. The summed E-state index contributed by atoms with van der Waals surface area (Å²) in [5, 5.41) is 0. The molecule has 0 radical (unpaired) electrons. The molecule has 0 spiro atoms.